The monoisotopic (exact) mass is 428 g/mol. The van der Waals surface area contributed by atoms with E-state index in [0.29, 0.717) is 30.8 Å². The van der Waals surface area contributed by atoms with Crippen LogP contribution in [0, 0.1) is 5.82 Å². The summed E-state index contributed by atoms with van der Waals surface area (Å²) < 4.78 is 16.8. The fraction of sp³-hybridized carbons (Fsp3) is 0.524. The molecule has 1 N–H and O–H groups in total. The molecule has 0 spiro atoms. The van der Waals surface area contributed by atoms with Crippen LogP contribution in [0.2, 0.25) is 0 Å². The molecule has 1 saturated carbocycles. The highest BCUT2D eigenvalue weighted by atomic mass is 19.1. The molecule has 1 aromatic carbocycles. The van der Waals surface area contributed by atoms with Gasteiger partial charge in [0.05, 0.1) is 11.2 Å². The highest BCUT2D eigenvalue weighted by Gasteiger charge is 2.28. The number of aromatic nitrogens is 1. The Morgan fingerprint density at radius 3 is 2.61 bits per heavy atom. The molecule has 1 aliphatic heterocycles. The van der Waals surface area contributed by atoms with E-state index in [1.54, 1.807) is 6.07 Å². The highest BCUT2D eigenvalue weighted by molar-refractivity contribution is 5.93. The molecule has 2 aliphatic rings. The molecule has 1 saturated heterocycles. The average molecular weight is 428 g/mol. The summed E-state index contributed by atoms with van der Waals surface area (Å²) >= 11 is 0. The van der Waals surface area contributed by atoms with Crippen LogP contribution in [0.25, 0.3) is 21.3 Å². The Morgan fingerprint density at radius 2 is 1.97 bits per heavy atom. The molecule has 0 amide bonds. The van der Waals surface area contributed by atoms with Crippen molar-refractivity contribution >= 4 is 22.6 Å². The van der Waals surface area contributed by atoms with Gasteiger partial charge in [0.2, 0.25) is 5.43 Å². The number of unbranched alkanes of at least 4 members (excludes halogenated alkanes) is 1. The molecule has 0 unspecified atom stereocenters. The van der Waals surface area contributed by atoms with Crippen LogP contribution in [0.4, 0.5) is 10.1 Å². The third-order valence-corrected chi connectivity index (χ3v) is 6.03. The number of carboxylic acid groups (broad SMARTS) is 1. The molecule has 1 aliphatic carbocycles. The van der Waals surface area contributed by atoms with Crippen molar-refractivity contribution in [1.82, 2.24) is 9.47 Å². The van der Waals surface area contributed by atoms with Gasteiger partial charge in [0.15, 0.2) is 0 Å². The Kier molecular flexibility index (Phi) is 6.11. The van der Waals surface area contributed by atoms with E-state index in [-0.39, 0.29) is 17.0 Å². The van der Waals surface area contributed by atoms with Crippen LogP contribution in [0.15, 0.2) is 28.2 Å². The van der Waals surface area contributed by atoms with Crippen molar-refractivity contribution < 1.29 is 14.3 Å². The van der Waals surface area contributed by atoms with Gasteiger partial charge in [0, 0.05) is 55.3 Å². The number of azide groups is 1. The smallest absolute Gasteiger partial charge is 0.341 e. The minimum atomic E-state index is -1.29. The van der Waals surface area contributed by atoms with Crippen LogP contribution in [0.5, 0.6) is 0 Å². The van der Waals surface area contributed by atoms with Crippen molar-refractivity contribution in [2.45, 2.75) is 31.7 Å². The van der Waals surface area contributed by atoms with E-state index in [0.717, 1.165) is 45.3 Å². The van der Waals surface area contributed by atoms with Crippen LogP contribution in [0.3, 0.4) is 0 Å². The van der Waals surface area contributed by atoms with Gasteiger partial charge in [-0.1, -0.05) is 5.11 Å². The second-order valence-corrected chi connectivity index (χ2v) is 8.13. The number of pyridine rings is 1. The Balaban J connectivity index is 1.54. The summed E-state index contributed by atoms with van der Waals surface area (Å²) in [5.74, 6) is -1.79. The number of halogens is 1. The number of rotatable bonds is 8. The Bertz CT molecular complexity index is 1100. The number of fused-ring (bicyclic) bond motifs is 1. The van der Waals surface area contributed by atoms with E-state index in [1.165, 1.54) is 12.3 Å². The summed E-state index contributed by atoms with van der Waals surface area (Å²) in [5.41, 5.74) is 8.39. The summed E-state index contributed by atoms with van der Waals surface area (Å²) in [7, 11) is 0. The zero-order valence-electron chi connectivity index (χ0n) is 17.2. The first-order valence-electron chi connectivity index (χ1n) is 10.6. The van der Waals surface area contributed by atoms with Gasteiger partial charge in [-0.15, -0.1) is 0 Å². The summed E-state index contributed by atoms with van der Waals surface area (Å²) in [6, 6.07) is 3.05. The van der Waals surface area contributed by atoms with Gasteiger partial charge in [0.25, 0.3) is 0 Å². The average Bonchev–Trinajstić information content (AvgIpc) is 3.59. The standard InChI is InChI=1S/C21H25FN6O3/c22-17-11-15-18(28(14-3-4-14)13-16(20(15)29)21(30)31)12-19(17)27-9-7-26(8-10-27)6-2-1-5-24-25-23/h11-14H,1-10H2,(H,30,31). The van der Waals surface area contributed by atoms with Gasteiger partial charge in [-0.2, -0.15) is 0 Å². The van der Waals surface area contributed by atoms with E-state index in [9.17, 15) is 19.1 Å². The molecule has 2 fully saturated rings. The third-order valence-electron chi connectivity index (χ3n) is 6.03. The number of anilines is 1. The maximum Gasteiger partial charge on any atom is 0.341 e. The molecule has 0 radical (unpaired) electrons. The zero-order chi connectivity index (χ0) is 22.0. The molecule has 164 valence electrons. The molecule has 10 heteroatoms. The summed E-state index contributed by atoms with van der Waals surface area (Å²) in [5, 5.41) is 13.0. The number of carbonyl (C=O) groups is 1. The quantitative estimate of drug-likeness (QED) is 0.300. The van der Waals surface area contributed by atoms with Crippen LogP contribution in [-0.4, -0.2) is 59.8 Å². The van der Waals surface area contributed by atoms with Crippen molar-refractivity contribution in [1.29, 1.82) is 0 Å². The molecule has 2 heterocycles. The van der Waals surface area contributed by atoms with Gasteiger partial charge in [0.1, 0.15) is 11.4 Å². The first-order valence-corrected chi connectivity index (χ1v) is 10.6. The minimum absolute atomic E-state index is 0.117. The largest absolute Gasteiger partial charge is 0.477 e. The van der Waals surface area contributed by atoms with Crippen molar-refractivity contribution in [3.05, 3.63) is 50.4 Å². The Labute approximate surface area is 178 Å². The molecular formula is C21H25FN6O3. The lowest BCUT2D eigenvalue weighted by atomic mass is 10.1. The van der Waals surface area contributed by atoms with E-state index in [1.807, 2.05) is 9.47 Å². The second kappa shape index (κ2) is 8.95. The number of hydrogen-bond acceptors (Lipinski definition) is 5. The molecule has 4 rings (SSSR count). The summed E-state index contributed by atoms with van der Waals surface area (Å²) in [6.45, 7) is 4.34. The van der Waals surface area contributed by atoms with Crippen LogP contribution in [0.1, 0.15) is 42.1 Å². The first kappa shape index (κ1) is 21.1. The lowest BCUT2D eigenvalue weighted by molar-refractivity contribution is 0.0695. The van der Waals surface area contributed by atoms with Crippen molar-refractivity contribution in [2.75, 3.05) is 44.2 Å². The molecular weight excluding hydrogens is 403 g/mol. The summed E-state index contributed by atoms with van der Waals surface area (Å²) in [6.07, 6.45) is 5.04. The van der Waals surface area contributed by atoms with Gasteiger partial charge in [-0.25, -0.2) is 9.18 Å². The van der Waals surface area contributed by atoms with Crippen LogP contribution in [-0.2, 0) is 0 Å². The molecule has 0 bridgehead atoms. The molecule has 2 aromatic rings. The summed E-state index contributed by atoms with van der Waals surface area (Å²) in [4.78, 5) is 31.1. The van der Waals surface area contributed by atoms with E-state index in [4.69, 9.17) is 5.53 Å². The minimum Gasteiger partial charge on any atom is -0.477 e. The maximum atomic E-state index is 15.0. The van der Waals surface area contributed by atoms with Gasteiger partial charge in [-0.05, 0) is 49.9 Å². The normalized spacial score (nSPS) is 17.0. The Hall–Kier alpha value is -3.10. The van der Waals surface area contributed by atoms with Gasteiger partial charge >= 0.3 is 5.97 Å². The Morgan fingerprint density at radius 1 is 1.23 bits per heavy atom. The number of nitrogens with zero attached hydrogens (tertiary/aromatic N) is 6. The number of benzene rings is 1. The van der Waals surface area contributed by atoms with Crippen molar-refractivity contribution in [3.63, 3.8) is 0 Å². The van der Waals surface area contributed by atoms with Crippen LogP contribution < -0.4 is 10.3 Å². The van der Waals surface area contributed by atoms with E-state index < -0.39 is 17.2 Å². The predicted octanol–water partition coefficient (Wildman–Crippen LogP) is 3.39. The SMILES string of the molecule is [N-]=[N+]=NCCCCN1CCN(c2cc3c(cc2F)c(=O)c(C(=O)O)cn3C2CC2)CC1. The van der Waals surface area contributed by atoms with Gasteiger partial charge in [-0.3, -0.25) is 9.69 Å². The molecule has 1 aromatic heterocycles. The molecule has 31 heavy (non-hydrogen) atoms. The number of piperazine rings is 1. The van der Waals surface area contributed by atoms with E-state index in [2.05, 4.69) is 14.9 Å². The van der Waals surface area contributed by atoms with Crippen molar-refractivity contribution in [2.24, 2.45) is 5.11 Å². The topological polar surface area (TPSA) is 115 Å². The lowest BCUT2D eigenvalue weighted by Gasteiger charge is -2.36. The first-order chi connectivity index (χ1) is 15.0. The van der Waals surface area contributed by atoms with Crippen molar-refractivity contribution in [3.8, 4) is 0 Å². The van der Waals surface area contributed by atoms with E-state index >= 15 is 0 Å². The molecule has 9 nitrogen and oxygen atoms in total. The second-order valence-electron chi connectivity index (χ2n) is 8.13. The predicted molar refractivity (Wildman–Crippen MR) is 115 cm³/mol. The zero-order valence-corrected chi connectivity index (χ0v) is 17.2. The lowest BCUT2D eigenvalue weighted by Crippen LogP contribution is -2.47. The highest BCUT2D eigenvalue weighted by Crippen LogP contribution is 2.38. The fourth-order valence-electron chi connectivity index (χ4n) is 4.18. The third kappa shape index (κ3) is 4.50. The van der Waals surface area contributed by atoms with Gasteiger partial charge < -0.3 is 14.6 Å². The fourth-order valence-corrected chi connectivity index (χ4v) is 4.18. The van der Waals surface area contributed by atoms with Crippen LogP contribution >= 0.6 is 0 Å². The molecule has 0 atom stereocenters. The number of aromatic carboxylic acids is 1. The maximum absolute atomic E-state index is 15.0. The number of carboxylic acids is 1. The number of hydrogen-bond donors (Lipinski definition) is 1.